The van der Waals surface area contributed by atoms with E-state index in [-0.39, 0.29) is 25.0 Å². The SMILES string of the molecule is CC[C@@H](C(=O)NCC(C)C)N(Cc1ccc(Cl)cc1)C(=O)COc1ccc(Cl)cc1Cl. The predicted octanol–water partition coefficient (Wildman–Crippen LogP) is 5.61. The van der Waals surface area contributed by atoms with E-state index in [0.717, 1.165) is 5.56 Å². The van der Waals surface area contributed by atoms with Gasteiger partial charge in [0, 0.05) is 23.1 Å². The Labute approximate surface area is 198 Å². The number of carbonyl (C=O) groups is 2. The Bertz CT molecular complexity index is 888. The summed E-state index contributed by atoms with van der Waals surface area (Å²) in [7, 11) is 0. The van der Waals surface area contributed by atoms with Crippen LogP contribution in [0.25, 0.3) is 0 Å². The van der Waals surface area contributed by atoms with Crippen molar-refractivity contribution in [3.8, 4) is 5.75 Å². The van der Waals surface area contributed by atoms with Gasteiger partial charge in [-0.1, -0.05) is 67.7 Å². The zero-order chi connectivity index (χ0) is 23.0. The van der Waals surface area contributed by atoms with Crippen LogP contribution in [0.15, 0.2) is 42.5 Å². The highest BCUT2D eigenvalue weighted by atomic mass is 35.5. The van der Waals surface area contributed by atoms with E-state index in [1.165, 1.54) is 4.90 Å². The van der Waals surface area contributed by atoms with E-state index in [1.807, 2.05) is 32.9 Å². The molecule has 2 aromatic carbocycles. The Balaban J connectivity index is 2.20. The Kier molecular flexibility index (Phi) is 9.94. The first kappa shape index (κ1) is 25.3. The van der Waals surface area contributed by atoms with Crippen molar-refractivity contribution in [2.24, 2.45) is 5.92 Å². The average Bonchev–Trinajstić information content (AvgIpc) is 2.72. The van der Waals surface area contributed by atoms with Crippen LogP contribution < -0.4 is 10.1 Å². The molecule has 0 radical (unpaired) electrons. The fourth-order valence-electron chi connectivity index (χ4n) is 2.94. The van der Waals surface area contributed by atoms with Gasteiger partial charge < -0.3 is 15.0 Å². The second-order valence-corrected chi connectivity index (χ2v) is 8.85. The maximum Gasteiger partial charge on any atom is 0.261 e. The summed E-state index contributed by atoms with van der Waals surface area (Å²) in [5, 5.41) is 4.31. The van der Waals surface area contributed by atoms with E-state index >= 15 is 0 Å². The van der Waals surface area contributed by atoms with Crippen molar-refractivity contribution in [1.82, 2.24) is 10.2 Å². The highest BCUT2D eigenvalue weighted by molar-refractivity contribution is 6.35. The van der Waals surface area contributed by atoms with E-state index in [2.05, 4.69) is 5.32 Å². The number of ether oxygens (including phenoxy) is 1. The minimum Gasteiger partial charge on any atom is -0.482 e. The van der Waals surface area contributed by atoms with Crippen molar-refractivity contribution in [3.63, 3.8) is 0 Å². The standard InChI is InChI=1S/C23H27Cl3N2O3/c1-4-20(23(30)27-12-15(2)3)28(13-16-5-7-17(24)8-6-16)22(29)14-31-21-10-9-18(25)11-19(21)26/h5-11,15,20H,4,12-14H2,1-3H3,(H,27,30)/t20-/m0/s1. The van der Waals surface area contributed by atoms with E-state index in [4.69, 9.17) is 39.5 Å². The molecule has 0 aliphatic rings. The van der Waals surface area contributed by atoms with E-state index in [0.29, 0.717) is 39.7 Å². The summed E-state index contributed by atoms with van der Waals surface area (Å²) in [6.45, 7) is 6.43. The second-order valence-electron chi connectivity index (χ2n) is 7.57. The zero-order valence-corrected chi connectivity index (χ0v) is 20.1. The van der Waals surface area contributed by atoms with Crippen LogP contribution in [0.2, 0.25) is 15.1 Å². The van der Waals surface area contributed by atoms with Gasteiger partial charge in [-0.25, -0.2) is 0 Å². The number of benzene rings is 2. The van der Waals surface area contributed by atoms with Gasteiger partial charge in [0.2, 0.25) is 5.91 Å². The van der Waals surface area contributed by atoms with Crippen molar-refractivity contribution >= 4 is 46.6 Å². The normalized spacial score (nSPS) is 11.8. The number of amides is 2. The summed E-state index contributed by atoms with van der Waals surface area (Å²) in [6, 6.07) is 11.3. The first-order chi connectivity index (χ1) is 14.7. The Morgan fingerprint density at radius 1 is 1.03 bits per heavy atom. The number of hydrogen-bond donors (Lipinski definition) is 1. The number of nitrogens with one attached hydrogen (secondary N) is 1. The maximum absolute atomic E-state index is 13.1. The number of halogens is 3. The van der Waals surface area contributed by atoms with Gasteiger partial charge in [0.15, 0.2) is 6.61 Å². The van der Waals surface area contributed by atoms with Crippen molar-refractivity contribution < 1.29 is 14.3 Å². The van der Waals surface area contributed by atoms with Gasteiger partial charge in [0.1, 0.15) is 11.8 Å². The molecule has 0 fully saturated rings. The molecule has 0 aliphatic carbocycles. The molecule has 0 saturated carbocycles. The van der Waals surface area contributed by atoms with Gasteiger partial charge in [-0.2, -0.15) is 0 Å². The molecule has 8 heteroatoms. The van der Waals surface area contributed by atoms with Gasteiger partial charge in [0.05, 0.1) is 5.02 Å². The monoisotopic (exact) mass is 484 g/mol. The molecule has 0 saturated heterocycles. The third kappa shape index (κ3) is 7.91. The lowest BCUT2D eigenvalue weighted by Crippen LogP contribution is -2.50. The van der Waals surface area contributed by atoms with E-state index in [9.17, 15) is 9.59 Å². The van der Waals surface area contributed by atoms with Crippen LogP contribution in [0.5, 0.6) is 5.75 Å². The highest BCUT2D eigenvalue weighted by Crippen LogP contribution is 2.27. The summed E-state index contributed by atoms with van der Waals surface area (Å²) in [6.07, 6.45) is 0.463. The van der Waals surface area contributed by atoms with Gasteiger partial charge in [-0.3, -0.25) is 9.59 Å². The molecular weight excluding hydrogens is 459 g/mol. The molecule has 0 unspecified atom stereocenters. The topological polar surface area (TPSA) is 58.6 Å². The summed E-state index contributed by atoms with van der Waals surface area (Å²) < 4.78 is 5.63. The smallest absolute Gasteiger partial charge is 0.261 e. The van der Waals surface area contributed by atoms with Gasteiger partial charge in [-0.15, -0.1) is 0 Å². The zero-order valence-electron chi connectivity index (χ0n) is 17.8. The molecule has 168 valence electrons. The fourth-order valence-corrected chi connectivity index (χ4v) is 3.53. The Morgan fingerprint density at radius 3 is 2.26 bits per heavy atom. The molecule has 2 rings (SSSR count). The minimum atomic E-state index is -0.633. The van der Waals surface area contributed by atoms with E-state index in [1.54, 1.807) is 30.3 Å². The fraction of sp³-hybridized carbons (Fsp3) is 0.391. The number of rotatable bonds is 10. The first-order valence-corrected chi connectivity index (χ1v) is 11.2. The number of hydrogen-bond acceptors (Lipinski definition) is 3. The molecule has 0 spiro atoms. The van der Waals surface area contributed by atoms with Gasteiger partial charge >= 0.3 is 0 Å². The molecule has 5 nitrogen and oxygen atoms in total. The van der Waals surface area contributed by atoms with Gasteiger partial charge in [0.25, 0.3) is 5.91 Å². The minimum absolute atomic E-state index is 0.192. The highest BCUT2D eigenvalue weighted by Gasteiger charge is 2.29. The molecule has 1 N–H and O–H groups in total. The van der Waals surface area contributed by atoms with Crippen LogP contribution in [0.3, 0.4) is 0 Å². The van der Waals surface area contributed by atoms with Crippen molar-refractivity contribution in [3.05, 3.63) is 63.1 Å². The molecule has 0 aliphatic heterocycles. The molecule has 2 aromatic rings. The van der Waals surface area contributed by atoms with Crippen molar-refractivity contribution in [2.75, 3.05) is 13.2 Å². The van der Waals surface area contributed by atoms with Crippen LogP contribution in [0.1, 0.15) is 32.8 Å². The molecule has 2 amide bonds. The quantitative estimate of drug-likeness (QED) is 0.476. The van der Waals surface area contributed by atoms with Gasteiger partial charge in [-0.05, 0) is 48.2 Å². The second kappa shape index (κ2) is 12.2. The predicted molar refractivity (Wildman–Crippen MR) is 126 cm³/mol. The summed E-state index contributed by atoms with van der Waals surface area (Å²) in [4.78, 5) is 27.5. The average molecular weight is 486 g/mol. The van der Waals surface area contributed by atoms with Crippen molar-refractivity contribution in [1.29, 1.82) is 0 Å². The molecule has 0 aromatic heterocycles. The molecule has 1 atom stereocenters. The molecule has 0 heterocycles. The Morgan fingerprint density at radius 2 is 1.68 bits per heavy atom. The molecule has 31 heavy (non-hydrogen) atoms. The summed E-state index contributed by atoms with van der Waals surface area (Å²) >= 11 is 18.0. The third-order valence-electron chi connectivity index (χ3n) is 4.58. The third-order valence-corrected chi connectivity index (χ3v) is 5.36. The van der Waals surface area contributed by atoms with Crippen LogP contribution in [-0.4, -0.2) is 35.9 Å². The summed E-state index contributed by atoms with van der Waals surface area (Å²) in [5.74, 6) is 0.135. The van der Waals surface area contributed by atoms with Crippen molar-refractivity contribution in [2.45, 2.75) is 39.8 Å². The van der Waals surface area contributed by atoms with Crippen LogP contribution >= 0.6 is 34.8 Å². The lowest BCUT2D eigenvalue weighted by Gasteiger charge is -2.31. The molecular formula is C23H27Cl3N2O3. The van der Waals surface area contributed by atoms with Crippen LogP contribution in [0, 0.1) is 5.92 Å². The molecule has 0 bridgehead atoms. The summed E-state index contributed by atoms with van der Waals surface area (Å²) in [5.41, 5.74) is 0.859. The lowest BCUT2D eigenvalue weighted by molar-refractivity contribution is -0.143. The van der Waals surface area contributed by atoms with E-state index < -0.39 is 6.04 Å². The number of carbonyl (C=O) groups excluding carboxylic acids is 2. The van der Waals surface area contributed by atoms with Crippen LogP contribution in [-0.2, 0) is 16.1 Å². The Hall–Kier alpha value is -1.95. The number of nitrogens with zero attached hydrogens (tertiary/aromatic N) is 1. The van der Waals surface area contributed by atoms with Crippen LogP contribution in [0.4, 0.5) is 0 Å². The lowest BCUT2D eigenvalue weighted by atomic mass is 10.1. The largest absolute Gasteiger partial charge is 0.482 e. The first-order valence-electron chi connectivity index (χ1n) is 10.1. The maximum atomic E-state index is 13.1.